The van der Waals surface area contributed by atoms with Crippen LogP contribution in [0.3, 0.4) is 0 Å². The minimum Gasteiger partial charge on any atom is -0.395 e. The zero-order valence-corrected chi connectivity index (χ0v) is 10.8. The molecule has 1 N–H and O–H groups in total. The number of nitrogens with zero attached hydrogens (tertiary/aromatic N) is 1. The number of aliphatic hydroxyl groups excluding tert-OH is 1. The summed E-state index contributed by atoms with van der Waals surface area (Å²) in [7, 11) is 1.74. The molecule has 6 heteroatoms. The fourth-order valence-corrected chi connectivity index (χ4v) is 1.78. The second kappa shape index (κ2) is 5.84. The smallest absolute Gasteiger partial charge is 0.395 e. The molecule has 0 heterocycles. The molecule has 0 saturated heterocycles. The predicted octanol–water partition coefficient (Wildman–Crippen LogP) is 2.89. The molecule has 17 heavy (non-hydrogen) atoms. The molecule has 0 radical (unpaired) electrons. The second-order valence-corrected chi connectivity index (χ2v) is 4.62. The van der Waals surface area contributed by atoms with Crippen molar-refractivity contribution in [2.75, 3.05) is 20.2 Å². The number of benzene rings is 1. The summed E-state index contributed by atoms with van der Waals surface area (Å²) in [6.45, 7) is 0.751. The first kappa shape index (κ1) is 14.5. The van der Waals surface area contributed by atoms with Crippen LogP contribution in [-0.4, -0.2) is 30.2 Å². The molecule has 0 amide bonds. The van der Waals surface area contributed by atoms with Crippen molar-refractivity contribution in [2.45, 2.75) is 12.7 Å². The highest BCUT2D eigenvalue weighted by molar-refractivity contribution is 9.10. The molecular weight excluding hydrogens is 299 g/mol. The lowest BCUT2D eigenvalue weighted by Gasteiger charge is -2.17. The minimum atomic E-state index is -4.33. The molecule has 0 bridgehead atoms. The Kier molecular flexibility index (Phi) is 4.97. The third kappa shape index (κ3) is 4.29. The average molecular weight is 312 g/mol. The van der Waals surface area contributed by atoms with E-state index in [1.54, 1.807) is 11.9 Å². The standard InChI is InChI=1S/C11H13BrF3NO/c1-16(4-5-17)7-8-6-9(11(13,14)15)2-3-10(8)12/h2-3,6,17H,4-5,7H2,1H3. The summed E-state index contributed by atoms with van der Waals surface area (Å²) in [6.07, 6.45) is -4.33. The van der Waals surface area contributed by atoms with Gasteiger partial charge in [0.15, 0.2) is 0 Å². The number of hydrogen-bond donors (Lipinski definition) is 1. The lowest BCUT2D eigenvalue weighted by atomic mass is 10.1. The molecule has 0 atom stereocenters. The van der Waals surface area contributed by atoms with Crippen molar-refractivity contribution >= 4 is 15.9 Å². The van der Waals surface area contributed by atoms with Crippen LogP contribution in [0, 0.1) is 0 Å². The van der Waals surface area contributed by atoms with Crippen molar-refractivity contribution < 1.29 is 18.3 Å². The lowest BCUT2D eigenvalue weighted by Crippen LogP contribution is -2.22. The number of hydrogen-bond acceptors (Lipinski definition) is 2. The normalized spacial score (nSPS) is 12.2. The zero-order chi connectivity index (χ0) is 13.1. The Bertz CT molecular complexity index is 381. The van der Waals surface area contributed by atoms with Gasteiger partial charge in [-0.05, 0) is 30.8 Å². The van der Waals surface area contributed by atoms with E-state index in [9.17, 15) is 13.2 Å². The molecule has 96 valence electrons. The van der Waals surface area contributed by atoms with Gasteiger partial charge in [0, 0.05) is 17.6 Å². The number of alkyl halides is 3. The molecule has 2 nitrogen and oxygen atoms in total. The van der Waals surface area contributed by atoms with Gasteiger partial charge in [-0.2, -0.15) is 13.2 Å². The lowest BCUT2D eigenvalue weighted by molar-refractivity contribution is -0.137. The maximum Gasteiger partial charge on any atom is 0.416 e. The van der Waals surface area contributed by atoms with E-state index in [0.717, 1.165) is 12.1 Å². The maximum absolute atomic E-state index is 12.5. The van der Waals surface area contributed by atoms with Crippen LogP contribution < -0.4 is 0 Å². The third-order valence-electron chi connectivity index (χ3n) is 2.30. The van der Waals surface area contributed by atoms with E-state index >= 15 is 0 Å². The summed E-state index contributed by atoms with van der Waals surface area (Å²) in [5.74, 6) is 0. The molecule has 0 fully saturated rings. The van der Waals surface area contributed by atoms with E-state index in [-0.39, 0.29) is 6.61 Å². The molecule has 0 aliphatic heterocycles. The summed E-state index contributed by atoms with van der Waals surface area (Å²) in [5, 5.41) is 8.73. The Balaban J connectivity index is 2.91. The molecule has 0 unspecified atom stereocenters. The van der Waals surface area contributed by atoms with E-state index in [1.165, 1.54) is 6.07 Å². The van der Waals surface area contributed by atoms with Crippen LogP contribution in [0.15, 0.2) is 22.7 Å². The average Bonchev–Trinajstić information content (AvgIpc) is 2.20. The van der Waals surface area contributed by atoms with Crippen LogP contribution in [0.5, 0.6) is 0 Å². The van der Waals surface area contributed by atoms with E-state index in [2.05, 4.69) is 15.9 Å². The molecule has 0 aliphatic carbocycles. The summed E-state index contributed by atoms with van der Waals surface area (Å²) >= 11 is 3.22. The van der Waals surface area contributed by atoms with Crippen LogP contribution in [0.25, 0.3) is 0 Å². The second-order valence-electron chi connectivity index (χ2n) is 3.77. The van der Waals surface area contributed by atoms with Crippen molar-refractivity contribution in [3.05, 3.63) is 33.8 Å². The number of rotatable bonds is 4. The summed E-state index contributed by atoms with van der Waals surface area (Å²) in [6, 6.07) is 3.56. The van der Waals surface area contributed by atoms with Gasteiger partial charge in [-0.3, -0.25) is 4.90 Å². The molecule has 0 saturated carbocycles. The van der Waals surface area contributed by atoms with E-state index in [1.807, 2.05) is 0 Å². The Hall–Kier alpha value is -0.590. The predicted molar refractivity (Wildman–Crippen MR) is 62.6 cm³/mol. The molecule has 0 aliphatic rings. The van der Waals surface area contributed by atoms with E-state index < -0.39 is 11.7 Å². The number of halogens is 4. The molecule has 0 aromatic heterocycles. The van der Waals surface area contributed by atoms with Gasteiger partial charge in [0.05, 0.1) is 12.2 Å². The van der Waals surface area contributed by atoms with Crippen LogP contribution >= 0.6 is 15.9 Å². The minimum absolute atomic E-state index is 0.0208. The van der Waals surface area contributed by atoms with Gasteiger partial charge in [0.2, 0.25) is 0 Å². The molecule has 1 aromatic rings. The molecule has 1 rings (SSSR count). The van der Waals surface area contributed by atoms with Gasteiger partial charge in [0.1, 0.15) is 0 Å². The summed E-state index contributed by atoms with van der Waals surface area (Å²) in [4.78, 5) is 1.75. The highest BCUT2D eigenvalue weighted by Gasteiger charge is 2.30. The number of aliphatic hydroxyl groups is 1. The van der Waals surface area contributed by atoms with Gasteiger partial charge in [-0.25, -0.2) is 0 Å². The first-order valence-electron chi connectivity index (χ1n) is 4.99. The zero-order valence-electron chi connectivity index (χ0n) is 9.26. The molecular formula is C11H13BrF3NO. The third-order valence-corrected chi connectivity index (χ3v) is 3.07. The van der Waals surface area contributed by atoms with Gasteiger partial charge in [-0.15, -0.1) is 0 Å². The van der Waals surface area contributed by atoms with Crippen LogP contribution in [0.4, 0.5) is 13.2 Å². The summed E-state index contributed by atoms with van der Waals surface area (Å²) < 4.78 is 38.2. The van der Waals surface area contributed by atoms with Crippen molar-refractivity contribution in [3.63, 3.8) is 0 Å². The van der Waals surface area contributed by atoms with Crippen molar-refractivity contribution in [1.29, 1.82) is 0 Å². The van der Waals surface area contributed by atoms with E-state index in [0.29, 0.717) is 23.1 Å². The SMILES string of the molecule is CN(CCO)Cc1cc(C(F)(F)F)ccc1Br. The quantitative estimate of drug-likeness (QED) is 0.924. The van der Waals surface area contributed by atoms with Crippen molar-refractivity contribution in [3.8, 4) is 0 Å². The fraction of sp³-hybridized carbons (Fsp3) is 0.455. The van der Waals surface area contributed by atoms with Gasteiger partial charge < -0.3 is 5.11 Å². The molecule has 0 spiro atoms. The van der Waals surface area contributed by atoms with Gasteiger partial charge >= 0.3 is 6.18 Å². The van der Waals surface area contributed by atoms with Crippen molar-refractivity contribution in [1.82, 2.24) is 4.90 Å². The highest BCUT2D eigenvalue weighted by atomic mass is 79.9. The first-order chi connectivity index (χ1) is 7.84. The largest absolute Gasteiger partial charge is 0.416 e. The summed E-state index contributed by atoms with van der Waals surface area (Å²) in [5.41, 5.74) is -0.108. The van der Waals surface area contributed by atoms with Gasteiger partial charge in [-0.1, -0.05) is 15.9 Å². The van der Waals surface area contributed by atoms with Crippen LogP contribution in [-0.2, 0) is 12.7 Å². The highest BCUT2D eigenvalue weighted by Crippen LogP contribution is 2.32. The van der Waals surface area contributed by atoms with Gasteiger partial charge in [0.25, 0.3) is 0 Å². The Morgan fingerprint density at radius 1 is 1.35 bits per heavy atom. The Morgan fingerprint density at radius 3 is 2.53 bits per heavy atom. The van der Waals surface area contributed by atoms with Crippen molar-refractivity contribution in [2.24, 2.45) is 0 Å². The maximum atomic E-state index is 12.5. The monoisotopic (exact) mass is 311 g/mol. The molecule has 1 aromatic carbocycles. The van der Waals surface area contributed by atoms with Crippen LogP contribution in [0.2, 0.25) is 0 Å². The Morgan fingerprint density at radius 2 is 2.00 bits per heavy atom. The Labute approximate surface area is 106 Å². The van der Waals surface area contributed by atoms with E-state index in [4.69, 9.17) is 5.11 Å². The van der Waals surface area contributed by atoms with Crippen LogP contribution in [0.1, 0.15) is 11.1 Å². The topological polar surface area (TPSA) is 23.5 Å². The number of likely N-dealkylation sites (N-methyl/N-ethyl adjacent to an activating group) is 1. The fourth-order valence-electron chi connectivity index (χ4n) is 1.41. The first-order valence-corrected chi connectivity index (χ1v) is 5.79.